The highest BCUT2D eigenvalue weighted by Gasteiger charge is 2.16. The molecule has 0 spiro atoms. The number of rotatable bonds is 4. The van der Waals surface area contributed by atoms with Gasteiger partial charge in [0.25, 0.3) is 5.91 Å². The lowest BCUT2D eigenvalue weighted by Crippen LogP contribution is -2.14. The molecular formula is C22H16ClFN8O. The molecule has 0 atom stereocenters. The average molecular weight is 463 g/mol. The molecule has 11 heteroatoms. The molecule has 3 aromatic heterocycles. The van der Waals surface area contributed by atoms with E-state index >= 15 is 0 Å². The summed E-state index contributed by atoms with van der Waals surface area (Å²) in [7, 11) is 0. The van der Waals surface area contributed by atoms with Crippen LogP contribution >= 0.6 is 11.6 Å². The van der Waals surface area contributed by atoms with Crippen molar-refractivity contribution in [3.63, 3.8) is 0 Å². The van der Waals surface area contributed by atoms with Crippen LogP contribution in [0.25, 0.3) is 22.6 Å². The topological polar surface area (TPSA) is 116 Å². The van der Waals surface area contributed by atoms with Crippen molar-refractivity contribution in [1.82, 2.24) is 29.4 Å². The van der Waals surface area contributed by atoms with Gasteiger partial charge in [-0.15, -0.1) is 0 Å². The smallest absolute Gasteiger partial charge is 0.258 e. The van der Waals surface area contributed by atoms with Gasteiger partial charge < -0.3 is 11.1 Å². The predicted octanol–water partition coefficient (Wildman–Crippen LogP) is 3.91. The number of benzene rings is 2. The Bertz CT molecular complexity index is 1530. The maximum atomic E-state index is 14.2. The van der Waals surface area contributed by atoms with E-state index < -0.39 is 11.7 Å². The first kappa shape index (κ1) is 20.6. The van der Waals surface area contributed by atoms with Crippen molar-refractivity contribution < 1.29 is 9.18 Å². The van der Waals surface area contributed by atoms with Gasteiger partial charge in [0, 0.05) is 17.4 Å². The molecular weight excluding hydrogens is 447 g/mol. The summed E-state index contributed by atoms with van der Waals surface area (Å²) >= 11 is 5.79. The number of hydrogen-bond acceptors (Lipinski definition) is 6. The summed E-state index contributed by atoms with van der Waals surface area (Å²) in [4.78, 5) is 20.8. The van der Waals surface area contributed by atoms with Crippen LogP contribution in [0.1, 0.15) is 15.9 Å². The van der Waals surface area contributed by atoms with E-state index in [0.29, 0.717) is 17.0 Å². The Morgan fingerprint density at radius 1 is 1.15 bits per heavy atom. The molecule has 0 unspecified atom stereocenters. The van der Waals surface area contributed by atoms with Crippen LogP contribution in [0.5, 0.6) is 0 Å². The van der Waals surface area contributed by atoms with Gasteiger partial charge in [0.1, 0.15) is 6.33 Å². The number of carbonyl (C=O) groups is 1. The van der Waals surface area contributed by atoms with Crippen molar-refractivity contribution in [2.45, 2.75) is 6.92 Å². The third-order valence-electron chi connectivity index (χ3n) is 5.12. The molecule has 5 rings (SSSR count). The number of carbonyl (C=O) groups excluding carboxylic acids is 1. The normalized spacial score (nSPS) is 11.1. The van der Waals surface area contributed by atoms with Crippen LogP contribution in [0.15, 0.2) is 61.3 Å². The highest BCUT2D eigenvalue weighted by Crippen LogP contribution is 2.25. The van der Waals surface area contributed by atoms with E-state index in [-0.39, 0.29) is 16.4 Å². The summed E-state index contributed by atoms with van der Waals surface area (Å²) in [6, 6.07) is 9.59. The van der Waals surface area contributed by atoms with E-state index in [1.807, 2.05) is 19.2 Å². The van der Waals surface area contributed by atoms with Gasteiger partial charge in [-0.1, -0.05) is 23.7 Å². The zero-order chi connectivity index (χ0) is 23.1. The largest absolute Gasteiger partial charge is 0.381 e. The van der Waals surface area contributed by atoms with Gasteiger partial charge in [-0.05, 0) is 36.8 Å². The number of aryl methyl sites for hydroxylation is 1. The van der Waals surface area contributed by atoms with Crippen molar-refractivity contribution in [2.75, 3.05) is 11.1 Å². The Morgan fingerprint density at radius 2 is 2.00 bits per heavy atom. The number of halogens is 2. The monoisotopic (exact) mass is 462 g/mol. The molecule has 0 fully saturated rings. The zero-order valence-corrected chi connectivity index (χ0v) is 18.0. The van der Waals surface area contributed by atoms with Crippen molar-refractivity contribution in [1.29, 1.82) is 0 Å². The van der Waals surface area contributed by atoms with Gasteiger partial charge in [0.05, 0.1) is 34.4 Å². The van der Waals surface area contributed by atoms with Crippen molar-refractivity contribution >= 4 is 34.7 Å². The molecule has 9 nitrogen and oxygen atoms in total. The standard InChI is InChI=1S/C22H16ClFN8O/c1-12-5-6-14(30-22(33)15-3-2-4-16(23)19(15)24)7-17(12)31-10-13(8-28-31)18-9-26-21-20(25)27-11-29-32(18)21/h2-11H,1H3,(H,30,33)(H2,25,27,29). The van der Waals surface area contributed by atoms with E-state index in [2.05, 4.69) is 25.5 Å². The van der Waals surface area contributed by atoms with Gasteiger partial charge in [-0.3, -0.25) is 4.79 Å². The zero-order valence-electron chi connectivity index (χ0n) is 17.2. The number of fused-ring (bicyclic) bond motifs is 1. The number of nitrogens with one attached hydrogen (secondary N) is 1. The van der Waals surface area contributed by atoms with Crippen molar-refractivity contribution in [2.24, 2.45) is 0 Å². The van der Waals surface area contributed by atoms with E-state index in [0.717, 1.165) is 16.8 Å². The Balaban J connectivity index is 1.46. The molecule has 0 bridgehead atoms. The third kappa shape index (κ3) is 3.66. The lowest BCUT2D eigenvalue weighted by Gasteiger charge is -2.11. The molecule has 1 amide bonds. The van der Waals surface area contributed by atoms with Crippen molar-refractivity contribution in [3.05, 3.63) is 83.3 Å². The summed E-state index contributed by atoms with van der Waals surface area (Å²) in [5, 5.41) is 11.2. The molecule has 0 aliphatic heterocycles. The SMILES string of the molecule is Cc1ccc(NC(=O)c2cccc(Cl)c2F)cc1-n1cc(-c2cnc3c(N)ncnn23)cn1. The molecule has 164 valence electrons. The average Bonchev–Trinajstić information content (AvgIpc) is 3.45. The van der Waals surface area contributed by atoms with E-state index in [1.165, 1.54) is 24.5 Å². The first-order valence-electron chi connectivity index (χ1n) is 9.78. The summed E-state index contributed by atoms with van der Waals surface area (Å²) < 4.78 is 17.5. The molecule has 3 heterocycles. The molecule has 3 N–H and O–H groups in total. The Labute approximate surface area is 191 Å². The first-order chi connectivity index (χ1) is 15.9. The molecule has 0 aliphatic carbocycles. The molecule has 0 radical (unpaired) electrons. The van der Waals surface area contributed by atoms with Crippen LogP contribution in [-0.4, -0.2) is 35.3 Å². The number of anilines is 2. The predicted molar refractivity (Wildman–Crippen MR) is 122 cm³/mol. The van der Waals surface area contributed by atoms with Gasteiger partial charge in [-0.2, -0.15) is 10.2 Å². The molecule has 5 aromatic rings. The summed E-state index contributed by atoms with van der Waals surface area (Å²) in [6.07, 6.45) is 6.49. The van der Waals surface area contributed by atoms with Crippen LogP contribution in [-0.2, 0) is 0 Å². The van der Waals surface area contributed by atoms with Crippen LogP contribution in [0.2, 0.25) is 5.02 Å². The second-order valence-corrected chi connectivity index (χ2v) is 7.66. The molecule has 2 aromatic carbocycles. The fraction of sp³-hybridized carbons (Fsp3) is 0.0455. The third-order valence-corrected chi connectivity index (χ3v) is 5.41. The van der Waals surface area contributed by atoms with E-state index in [1.54, 1.807) is 33.7 Å². The van der Waals surface area contributed by atoms with Gasteiger partial charge in [0.15, 0.2) is 17.3 Å². The number of aromatic nitrogens is 6. The van der Waals surface area contributed by atoms with Crippen molar-refractivity contribution in [3.8, 4) is 16.9 Å². The number of nitrogen functional groups attached to an aromatic ring is 1. The highest BCUT2D eigenvalue weighted by atomic mass is 35.5. The van der Waals surface area contributed by atoms with E-state index in [9.17, 15) is 9.18 Å². The minimum Gasteiger partial charge on any atom is -0.381 e. The van der Waals surface area contributed by atoms with Gasteiger partial charge >= 0.3 is 0 Å². The Kier molecular flexibility index (Phi) is 4.98. The van der Waals surface area contributed by atoms with E-state index in [4.69, 9.17) is 17.3 Å². The van der Waals surface area contributed by atoms with Crippen LogP contribution in [0, 0.1) is 12.7 Å². The van der Waals surface area contributed by atoms with Crippen LogP contribution < -0.4 is 11.1 Å². The first-order valence-corrected chi connectivity index (χ1v) is 10.2. The molecule has 33 heavy (non-hydrogen) atoms. The number of imidazole rings is 1. The fourth-order valence-corrected chi connectivity index (χ4v) is 3.60. The second-order valence-electron chi connectivity index (χ2n) is 7.25. The molecule has 0 saturated carbocycles. The summed E-state index contributed by atoms with van der Waals surface area (Å²) in [5.74, 6) is -1.09. The second kappa shape index (κ2) is 7.99. The minimum absolute atomic E-state index is 0.115. The minimum atomic E-state index is -0.766. The lowest BCUT2D eigenvalue weighted by atomic mass is 10.1. The quantitative estimate of drug-likeness (QED) is 0.418. The highest BCUT2D eigenvalue weighted by molar-refractivity contribution is 6.31. The van der Waals surface area contributed by atoms with Gasteiger partial charge in [-0.25, -0.2) is 23.6 Å². The maximum absolute atomic E-state index is 14.2. The Hall–Kier alpha value is -4.31. The summed E-state index contributed by atoms with van der Waals surface area (Å²) in [5.41, 5.74) is 9.76. The fourth-order valence-electron chi connectivity index (χ4n) is 3.43. The number of hydrogen-bond donors (Lipinski definition) is 2. The lowest BCUT2D eigenvalue weighted by molar-refractivity contribution is 0.102. The molecule has 0 saturated heterocycles. The van der Waals surface area contributed by atoms with Crippen LogP contribution in [0.3, 0.4) is 0 Å². The molecule has 0 aliphatic rings. The maximum Gasteiger partial charge on any atom is 0.258 e. The van der Waals surface area contributed by atoms with Crippen LogP contribution in [0.4, 0.5) is 15.9 Å². The number of amides is 1. The number of nitrogens with two attached hydrogens (primary N) is 1. The Morgan fingerprint density at radius 3 is 2.85 bits per heavy atom. The van der Waals surface area contributed by atoms with Gasteiger partial charge in [0.2, 0.25) is 0 Å². The summed E-state index contributed by atoms with van der Waals surface area (Å²) in [6.45, 7) is 1.92. The number of nitrogens with zero attached hydrogens (tertiary/aromatic N) is 6.